The minimum Gasteiger partial charge on any atom is -0.399 e. The average Bonchev–Trinajstić information content (AvgIpc) is 2.81. The van der Waals surface area contributed by atoms with E-state index in [1.807, 2.05) is 0 Å². The summed E-state index contributed by atoms with van der Waals surface area (Å²) in [6.07, 6.45) is 3.37. The first-order valence-electron chi connectivity index (χ1n) is 6.79. The van der Waals surface area contributed by atoms with Crippen LogP contribution in [0.15, 0.2) is 12.1 Å². The first-order chi connectivity index (χ1) is 9.51. The van der Waals surface area contributed by atoms with Crippen molar-refractivity contribution < 1.29 is 4.79 Å². The van der Waals surface area contributed by atoms with Gasteiger partial charge in [0.1, 0.15) is 0 Å². The highest BCUT2D eigenvalue weighted by Gasteiger charge is 2.25. The summed E-state index contributed by atoms with van der Waals surface area (Å²) in [7, 11) is 0. The van der Waals surface area contributed by atoms with E-state index < -0.39 is 0 Å². The lowest BCUT2D eigenvalue weighted by Gasteiger charge is -2.22. The van der Waals surface area contributed by atoms with E-state index in [-0.39, 0.29) is 5.91 Å². The molecule has 2 rings (SSSR count). The molecule has 1 amide bonds. The molecule has 20 heavy (non-hydrogen) atoms. The number of amides is 1. The molecule has 1 unspecified atom stereocenters. The SMILES string of the molecule is CCC1CCCN1CC(=O)Nc1c(Cl)cc(N)cc1Cl. The second-order valence-corrected chi connectivity index (χ2v) is 5.90. The van der Waals surface area contributed by atoms with Crippen LogP contribution in [-0.4, -0.2) is 29.9 Å². The molecular formula is C14H19Cl2N3O. The van der Waals surface area contributed by atoms with Gasteiger partial charge in [-0.3, -0.25) is 9.69 Å². The number of hydrogen-bond acceptors (Lipinski definition) is 3. The average molecular weight is 316 g/mol. The van der Waals surface area contributed by atoms with E-state index in [0.29, 0.717) is 34.0 Å². The highest BCUT2D eigenvalue weighted by atomic mass is 35.5. The molecule has 0 aliphatic carbocycles. The highest BCUT2D eigenvalue weighted by molar-refractivity contribution is 6.40. The van der Waals surface area contributed by atoms with Crippen molar-refractivity contribution in [3.63, 3.8) is 0 Å². The Bertz CT molecular complexity index is 484. The molecule has 0 bridgehead atoms. The molecule has 6 heteroatoms. The Balaban J connectivity index is 2.01. The standard InChI is InChI=1S/C14H19Cl2N3O/c1-2-10-4-3-5-19(10)8-13(20)18-14-11(15)6-9(17)7-12(14)16/h6-7,10H,2-5,8,17H2,1H3,(H,18,20). The zero-order valence-electron chi connectivity index (χ0n) is 11.5. The number of carbonyl (C=O) groups is 1. The third kappa shape index (κ3) is 3.57. The number of hydrogen-bond donors (Lipinski definition) is 2. The fourth-order valence-corrected chi connectivity index (χ4v) is 3.24. The van der Waals surface area contributed by atoms with Crippen LogP contribution in [0.4, 0.5) is 11.4 Å². The second kappa shape index (κ2) is 6.66. The number of nitrogens with zero attached hydrogens (tertiary/aromatic N) is 1. The van der Waals surface area contributed by atoms with Gasteiger partial charge in [0.2, 0.25) is 5.91 Å². The molecule has 1 aromatic rings. The second-order valence-electron chi connectivity index (χ2n) is 5.08. The number of benzene rings is 1. The van der Waals surface area contributed by atoms with Crippen molar-refractivity contribution >= 4 is 40.5 Å². The predicted octanol–water partition coefficient (Wildman–Crippen LogP) is 3.39. The van der Waals surface area contributed by atoms with Gasteiger partial charge in [-0.1, -0.05) is 30.1 Å². The van der Waals surface area contributed by atoms with Crippen molar-refractivity contribution in [2.45, 2.75) is 32.2 Å². The summed E-state index contributed by atoms with van der Waals surface area (Å²) >= 11 is 12.1. The number of carbonyl (C=O) groups excluding carboxylic acids is 1. The molecule has 1 heterocycles. The van der Waals surface area contributed by atoms with Crippen LogP contribution in [-0.2, 0) is 4.79 Å². The lowest BCUT2D eigenvalue weighted by Crippen LogP contribution is -2.36. The number of nitrogens with one attached hydrogen (secondary N) is 1. The highest BCUT2D eigenvalue weighted by Crippen LogP contribution is 2.32. The molecule has 3 N–H and O–H groups in total. The predicted molar refractivity (Wildman–Crippen MR) is 84.4 cm³/mol. The Morgan fingerprint density at radius 3 is 2.70 bits per heavy atom. The van der Waals surface area contributed by atoms with E-state index in [9.17, 15) is 4.79 Å². The number of nitrogen functional groups attached to an aromatic ring is 1. The zero-order valence-corrected chi connectivity index (χ0v) is 13.0. The number of anilines is 2. The van der Waals surface area contributed by atoms with Crippen molar-refractivity contribution in [3.05, 3.63) is 22.2 Å². The van der Waals surface area contributed by atoms with Crippen molar-refractivity contribution in [1.82, 2.24) is 4.90 Å². The molecule has 1 atom stereocenters. The van der Waals surface area contributed by atoms with Crippen molar-refractivity contribution in [3.8, 4) is 0 Å². The Labute approximate surface area is 129 Å². The molecule has 4 nitrogen and oxygen atoms in total. The summed E-state index contributed by atoms with van der Waals surface area (Å²) in [6.45, 7) is 3.49. The van der Waals surface area contributed by atoms with Crippen LogP contribution in [0, 0.1) is 0 Å². The summed E-state index contributed by atoms with van der Waals surface area (Å²) < 4.78 is 0. The van der Waals surface area contributed by atoms with Crippen LogP contribution >= 0.6 is 23.2 Å². The maximum absolute atomic E-state index is 12.1. The maximum atomic E-state index is 12.1. The van der Waals surface area contributed by atoms with Gasteiger partial charge < -0.3 is 11.1 Å². The number of likely N-dealkylation sites (tertiary alicyclic amines) is 1. The lowest BCUT2D eigenvalue weighted by molar-refractivity contribution is -0.117. The molecule has 1 aromatic carbocycles. The molecule has 110 valence electrons. The molecule has 1 saturated heterocycles. The third-order valence-corrected chi connectivity index (χ3v) is 4.24. The normalized spacial score (nSPS) is 19.2. The van der Waals surface area contributed by atoms with E-state index in [0.717, 1.165) is 25.8 Å². The number of nitrogens with two attached hydrogens (primary N) is 1. The monoisotopic (exact) mass is 315 g/mol. The van der Waals surface area contributed by atoms with Crippen molar-refractivity contribution in [2.75, 3.05) is 24.1 Å². The van der Waals surface area contributed by atoms with Crippen LogP contribution in [0.25, 0.3) is 0 Å². The molecule has 0 radical (unpaired) electrons. The van der Waals surface area contributed by atoms with Gasteiger partial charge in [0.25, 0.3) is 0 Å². The smallest absolute Gasteiger partial charge is 0.238 e. The van der Waals surface area contributed by atoms with Crippen LogP contribution in [0.3, 0.4) is 0 Å². The van der Waals surface area contributed by atoms with Gasteiger partial charge >= 0.3 is 0 Å². The number of halogens is 2. The van der Waals surface area contributed by atoms with E-state index in [4.69, 9.17) is 28.9 Å². The van der Waals surface area contributed by atoms with E-state index in [2.05, 4.69) is 17.1 Å². The minimum atomic E-state index is -0.0982. The van der Waals surface area contributed by atoms with Gasteiger partial charge in [0.05, 0.1) is 22.3 Å². The molecule has 0 saturated carbocycles. The van der Waals surface area contributed by atoms with Gasteiger partial charge in [-0.15, -0.1) is 0 Å². The summed E-state index contributed by atoms with van der Waals surface area (Å²) in [5, 5.41) is 3.49. The van der Waals surface area contributed by atoms with E-state index >= 15 is 0 Å². The van der Waals surface area contributed by atoms with E-state index in [1.165, 1.54) is 0 Å². The van der Waals surface area contributed by atoms with Crippen molar-refractivity contribution in [2.24, 2.45) is 0 Å². The minimum absolute atomic E-state index is 0.0982. The van der Waals surface area contributed by atoms with Crippen LogP contribution in [0.2, 0.25) is 10.0 Å². The van der Waals surface area contributed by atoms with Gasteiger partial charge in [-0.2, -0.15) is 0 Å². The Morgan fingerprint density at radius 2 is 2.10 bits per heavy atom. The van der Waals surface area contributed by atoms with Gasteiger partial charge in [-0.05, 0) is 37.9 Å². The Hall–Kier alpha value is -0.970. The summed E-state index contributed by atoms with van der Waals surface area (Å²) in [5.41, 5.74) is 6.54. The van der Waals surface area contributed by atoms with Gasteiger partial charge in [0, 0.05) is 11.7 Å². The summed E-state index contributed by atoms with van der Waals surface area (Å²) in [6, 6.07) is 3.65. The van der Waals surface area contributed by atoms with Gasteiger partial charge in [-0.25, -0.2) is 0 Å². The molecule has 0 aromatic heterocycles. The Kier molecular flexibility index (Phi) is 5.13. The molecule has 0 spiro atoms. The first kappa shape index (κ1) is 15.4. The summed E-state index contributed by atoms with van der Waals surface area (Å²) in [5.74, 6) is -0.0982. The zero-order chi connectivity index (χ0) is 14.7. The molecule has 1 aliphatic heterocycles. The quantitative estimate of drug-likeness (QED) is 0.837. The fraction of sp³-hybridized carbons (Fsp3) is 0.500. The lowest BCUT2D eigenvalue weighted by atomic mass is 10.2. The third-order valence-electron chi connectivity index (χ3n) is 3.65. The van der Waals surface area contributed by atoms with Crippen LogP contribution in [0.1, 0.15) is 26.2 Å². The molecular weight excluding hydrogens is 297 g/mol. The summed E-state index contributed by atoms with van der Waals surface area (Å²) in [4.78, 5) is 14.3. The van der Waals surface area contributed by atoms with Crippen molar-refractivity contribution in [1.29, 1.82) is 0 Å². The topological polar surface area (TPSA) is 58.4 Å². The van der Waals surface area contributed by atoms with E-state index in [1.54, 1.807) is 12.1 Å². The Morgan fingerprint density at radius 1 is 1.45 bits per heavy atom. The van der Waals surface area contributed by atoms with Crippen LogP contribution < -0.4 is 11.1 Å². The molecule has 1 fully saturated rings. The largest absolute Gasteiger partial charge is 0.399 e. The maximum Gasteiger partial charge on any atom is 0.238 e. The van der Waals surface area contributed by atoms with Crippen LogP contribution in [0.5, 0.6) is 0 Å². The number of rotatable bonds is 4. The fourth-order valence-electron chi connectivity index (χ4n) is 2.64. The molecule has 1 aliphatic rings. The van der Waals surface area contributed by atoms with Gasteiger partial charge in [0.15, 0.2) is 0 Å². The first-order valence-corrected chi connectivity index (χ1v) is 7.55.